The van der Waals surface area contributed by atoms with Crippen molar-refractivity contribution in [2.24, 2.45) is 0 Å². The molecule has 0 spiro atoms. The molecule has 0 saturated heterocycles. The van der Waals surface area contributed by atoms with E-state index in [0.29, 0.717) is 11.5 Å². The second kappa shape index (κ2) is 8.96. The fraction of sp³-hybridized carbons (Fsp3) is 0.0417. The molecule has 1 heterocycles. The van der Waals surface area contributed by atoms with Crippen molar-refractivity contribution in [1.82, 2.24) is 9.78 Å². The Morgan fingerprint density at radius 2 is 1.61 bits per heavy atom. The minimum absolute atomic E-state index is 0.0564. The number of anilines is 1. The van der Waals surface area contributed by atoms with E-state index >= 15 is 0 Å². The Morgan fingerprint density at radius 1 is 0.903 bits per heavy atom. The number of rotatable bonds is 6. The quantitative estimate of drug-likeness (QED) is 0.465. The maximum Gasteiger partial charge on any atom is 0.338 e. The van der Waals surface area contributed by atoms with Gasteiger partial charge in [0.15, 0.2) is 6.61 Å². The smallest absolute Gasteiger partial charge is 0.338 e. The van der Waals surface area contributed by atoms with E-state index < -0.39 is 18.5 Å². The van der Waals surface area contributed by atoms with Crippen LogP contribution in [0.3, 0.4) is 0 Å². The Balaban J connectivity index is 1.52. The number of hydrogen-bond acceptors (Lipinski definition) is 5. The Morgan fingerprint density at radius 3 is 2.32 bits per heavy atom. The van der Waals surface area contributed by atoms with Gasteiger partial charge in [0.25, 0.3) is 5.91 Å². The molecule has 2 N–H and O–H groups in total. The van der Waals surface area contributed by atoms with Crippen LogP contribution in [-0.4, -0.2) is 33.4 Å². The van der Waals surface area contributed by atoms with Gasteiger partial charge in [-0.25, -0.2) is 9.48 Å². The van der Waals surface area contributed by atoms with Crippen LogP contribution in [0.1, 0.15) is 10.4 Å². The number of benzene rings is 3. The number of ether oxygens (including phenoxy) is 1. The minimum Gasteiger partial charge on any atom is -0.508 e. The van der Waals surface area contributed by atoms with Crippen LogP contribution in [0.5, 0.6) is 5.75 Å². The molecule has 0 radical (unpaired) electrons. The van der Waals surface area contributed by atoms with Gasteiger partial charge in [0.1, 0.15) is 11.6 Å². The average molecular weight is 413 g/mol. The summed E-state index contributed by atoms with van der Waals surface area (Å²) in [7, 11) is 0. The topological polar surface area (TPSA) is 93.5 Å². The van der Waals surface area contributed by atoms with E-state index in [0.717, 1.165) is 11.3 Å². The summed E-state index contributed by atoms with van der Waals surface area (Å²) in [5.41, 5.74) is 2.53. The average Bonchev–Trinajstić information content (AvgIpc) is 3.22. The van der Waals surface area contributed by atoms with Crippen molar-refractivity contribution in [2.45, 2.75) is 0 Å². The third-order valence-corrected chi connectivity index (χ3v) is 4.46. The van der Waals surface area contributed by atoms with E-state index in [9.17, 15) is 14.7 Å². The number of nitrogens with one attached hydrogen (secondary N) is 1. The molecular formula is C24H19N3O4. The highest BCUT2D eigenvalue weighted by Gasteiger charge is 2.16. The number of hydrogen-bond donors (Lipinski definition) is 2. The van der Waals surface area contributed by atoms with Crippen LogP contribution in [0.25, 0.3) is 16.9 Å². The first kappa shape index (κ1) is 19.9. The summed E-state index contributed by atoms with van der Waals surface area (Å²) in [6, 6.07) is 26.5. The molecule has 0 aliphatic heterocycles. The van der Waals surface area contributed by atoms with Gasteiger partial charge < -0.3 is 15.2 Å². The van der Waals surface area contributed by atoms with Crippen LogP contribution in [0, 0.1) is 0 Å². The van der Waals surface area contributed by atoms with Gasteiger partial charge in [0.2, 0.25) is 0 Å². The van der Waals surface area contributed by atoms with Gasteiger partial charge in [-0.1, -0.05) is 54.6 Å². The summed E-state index contributed by atoms with van der Waals surface area (Å²) in [6.45, 7) is -0.477. The highest BCUT2D eigenvalue weighted by atomic mass is 16.5. The third kappa shape index (κ3) is 4.79. The normalized spacial score (nSPS) is 10.5. The standard InChI is InChI=1S/C24H19N3O4/c28-20-13-7-10-18(14-20)24(30)31-16-23(29)25-22-15-21(17-8-3-1-4-9-17)26-27(22)19-11-5-2-6-12-19/h1-15,28H,16H2,(H,25,29). The van der Waals surface area contributed by atoms with E-state index in [1.54, 1.807) is 10.7 Å². The maximum absolute atomic E-state index is 12.5. The molecule has 0 aliphatic rings. The molecule has 0 atom stereocenters. The number of amides is 1. The number of para-hydroxylation sites is 1. The van der Waals surface area contributed by atoms with E-state index in [4.69, 9.17) is 4.74 Å². The van der Waals surface area contributed by atoms with Gasteiger partial charge in [-0.15, -0.1) is 0 Å². The Kier molecular flexibility index (Phi) is 5.75. The van der Waals surface area contributed by atoms with Crippen molar-refractivity contribution in [3.63, 3.8) is 0 Å². The van der Waals surface area contributed by atoms with Crippen molar-refractivity contribution in [3.05, 3.63) is 96.6 Å². The molecule has 1 aromatic heterocycles. The largest absolute Gasteiger partial charge is 0.508 e. The van der Waals surface area contributed by atoms with Crippen LogP contribution >= 0.6 is 0 Å². The lowest BCUT2D eigenvalue weighted by Crippen LogP contribution is -2.22. The highest BCUT2D eigenvalue weighted by molar-refractivity contribution is 5.95. The second-order valence-electron chi connectivity index (χ2n) is 6.70. The van der Waals surface area contributed by atoms with Gasteiger partial charge in [-0.2, -0.15) is 5.10 Å². The lowest BCUT2D eigenvalue weighted by Gasteiger charge is -2.09. The fourth-order valence-electron chi connectivity index (χ4n) is 3.01. The van der Waals surface area contributed by atoms with Crippen molar-refractivity contribution >= 4 is 17.7 Å². The lowest BCUT2D eigenvalue weighted by atomic mass is 10.2. The number of nitrogens with zero attached hydrogens (tertiary/aromatic N) is 2. The SMILES string of the molecule is O=C(COC(=O)c1cccc(O)c1)Nc1cc(-c2ccccc2)nn1-c1ccccc1. The van der Waals surface area contributed by atoms with Gasteiger partial charge in [-0.3, -0.25) is 4.79 Å². The number of aromatic hydroxyl groups is 1. The zero-order valence-electron chi connectivity index (χ0n) is 16.4. The molecule has 31 heavy (non-hydrogen) atoms. The number of phenols is 1. The highest BCUT2D eigenvalue weighted by Crippen LogP contribution is 2.24. The van der Waals surface area contributed by atoms with Gasteiger partial charge in [0, 0.05) is 11.6 Å². The van der Waals surface area contributed by atoms with E-state index in [-0.39, 0.29) is 11.3 Å². The molecule has 0 saturated carbocycles. The predicted octanol–water partition coefficient (Wildman–Crippen LogP) is 4.04. The summed E-state index contributed by atoms with van der Waals surface area (Å²) in [6.07, 6.45) is 0. The monoisotopic (exact) mass is 413 g/mol. The molecular weight excluding hydrogens is 394 g/mol. The Hall–Kier alpha value is -4.39. The summed E-state index contributed by atoms with van der Waals surface area (Å²) in [4.78, 5) is 24.6. The summed E-state index contributed by atoms with van der Waals surface area (Å²) >= 11 is 0. The van der Waals surface area contributed by atoms with Crippen LogP contribution in [-0.2, 0) is 9.53 Å². The third-order valence-electron chi connectivity index (χ3n) is 4.46. The molecule has 1 amide bonds. The predicted molar refractivity (Wildman–Crippen MR) is 116 cm³/mol. The summed E-state index contributed by atoms with van der Waals surface area (Å²) in [5.74, 6) is -0.819. The number of esters is 1. The van der Waals surface area contributed by atoms with Crippen LogP contribution < -0.4 is 5.32 Å². The van der Waals surface area contributed by atoms with Gasteiger partial charge >= 0.3 is 5.97 Å². The van der Waals surface area contributed by atoms with Crippen LogP contribution in [0.15, 0.2) is 91.0 Å². The minimum atomic E-state index is -0.701. The van der Waals surface area contributed by atoms with E-state index in [1.165, 1.54) is 24.3 Å². The molecule has 4 rings (SSSR count). The molecule has 0 bridgehead atoms. The molecule has 0 aliphatic carbocycles. The summed E-state index contributed by atoms with van der Waals surface area (Å²) < 4.78 is 6.68. The first-order chi connectivity index (χ1) is 15.1. The van der Waals surface area contributed by atoms with Crippen molar-refractivity contribution in [2.75, 3.05) is 11.9 Å². The molecule has 3 aromatic carbocycles. The van der Waals surface area contributed by atoms with Crippen molar-refractivity contribution < 1.29 is 19.4 Å². The van der Waals surface area contributed by atoms with Crippen molar-refractivity contribution in [3.8, 4) is 22.7 Å². The first-order valence-corrected chi connectivity index (χ1v) is 9.57. The van der Waals surface area contributed by atoms with Gasteiger partial charge in [-0.05, 0) is 30.3 Å². The zero-order chi connectivity index (χ0) is 21.6. The Labute approximate surface area is 178 Å². The van der Waals surface area contributed by atoms with Crippen LogP contribution in [0.2, 0.25) is 0 Å². The number of carbonyl (C=O) groups excluding carboxylic acids is 2. The molecule has 0 unspecified atom stereocenters. The molecule has 154 valence electrons. The maximum atomic E-state index is 12.5. The lowest BCUT2D eigenvalue weighted by molar-refractivity contribution is -0.119. The molecule has 7 heteroatoms. The number of carbonyl (C=O) groups is 2. The second-order valence-corrected chi connectivity index (χ2v) is 6.70. The van der Waals surface area contributed by atoms with Crippen molar-refractivity contribution in [1.29, 1.82) is 0 Å². The van der Waals surface area contributed by atoms with E-state index in [2.05, 4.69) is 10.4 Å². The molecule has 0 fully saturated rings. The zero-order valence-corrected chi connectivity index (χ0v) is 16.4. The van der Waals surface area contributed by atoms with E-state index in [1.807, 2.05) is 60.7 Å². The Bertz CT molecular complexity index is 1200. The molecule has 4 aromatic rings. The fourth-order valence-corrected chi connectivity index (χ4v) is 3.01. The summed E-state index contributed by atoms with van der Waals surface area (Å²) in [5, 5.41) is 16.8. The number of aromatic nitrogens is 2. The number of phenolic OH excluding ortho intramolecular Hbond substituents is 1. The van der Waals surface area contributed by atoms with Crippen LogP contribution in [0.4, 0.5) is 5.82 Å². The molecule has 7 nitrogen and oxygen atoms in total. The first-order valence-electron chi connectivity index (χ1n) is 9.57. The van der Waals surface area contributed by atoms with Gasteiger partial charge in [0.05, 0.1) is 16.9 Å².